The van der Waals surface area contributed by atoms with E-state index in [4.69, 9.17) is 4.74 Å². The zero-order valence-electron chi connectivity index (χ0n) is 8.32. The molecule has 2 rings (SSSR count). The van der Waals surface area contributed by atoms with Crippen LogP contribution in [-0.2, 0) is 4.79 Å². The van der Waals surface area contributed by atoms with Gasteiger partial charge < -0.3 is 4.74 Å². The second-order valence-corrected chi connectivity index (χ2v) is 3.72. The molecule has 2 heteroatoms. The van der Waals surface area contributed by atoms with Crippen molar-refractivity contribution < 1.29 is 9.53 Å². The number of hydrogen-bond donors (Lipinski definition) is 0. The van der Waals surface area contributed by atoms with Crippen molar-refractivity contribution in [2.75, 3.05) is 7.11 Å². The monoisotopic (exact) mass is 190 g/mol. The van der Waals surface area contributed by atoms with Crippen LogP contribution in [0.25, 0.3) is 0 Å². The molecule has 0 aromatic heterocycles. The molecule has 1 saturated carbocycles. The summed E-state index contributed by atoms with van der Waals surface area (Å²) in [5.41, 5.74) is 1.18. The lowest BCUT2D eigenvalue weighted by atomic mass is 9.97. The Balaban J connectivity index is 2.27. The number of methoxy groups -OCH3 is 1. The van der Waals surface area contributed by atoms with Gasteiger partial charge >= 0.3 is 0 Å². The van der Waals surface area contributed by atoms with E-state index in [0.717, 1.165) is 18.6 Å². The number of para-hydroxylation sites is 1. The van der Waals surface area contributed by atoms with Crippen molar-refractivity contribution in [3.05, 3.63) is 29.8 Å². The molecule has 14 heavy (non-hydrogen) atoms. The van der Waals surface area contributed by atoms with Crippen LogP contribution in [0.5, 0.6) is 5.75 Å². The van der Waals surface area contributed by atoms with Gasteiger partial charge in [-0.15, -0.1) is 0 Å². The number of carbonyl (C=O) groups is 1. The van der Waals surface area contributed by atoms with Crippen LogP contribution in [0.4, 0.5) is 0 Å². The molecule has 1 aliphatic rings. The molecule has 2 nitrogen and oxygen atoms in total. The van der Waals surface area contributed by atoms with Gasteiger partial charge in [0.1, 0.15) is 11.5 Å². The SMILES string of the molecule is COc1ccccc1C1CCC(=O)C1. The average molecular weight is 190 g/mol. The van der Waals surface area contributed by atoms with Gasteiger partial charge in [-0.05, 0) is 24.0 Å². The molecule has 1 unspecified atom stereocenters. The van der Waals surface area contributed by atoms with E-state index in [1.807, 2.05) is 18.2 Å². The summed E-state index contributed by atoms with van der Waals surface area (Å²) >= 11 is 0. The molecular weight excluding hydrogens is 176 g/mol. The van der Waals surface area contributed by atoms with Gasteiger partial charge in [0.05, 0.1) is 7.11 Å². The Bertz CT molecular complexity index is 344. The molecule has 0 aliphatic heterocycles. The first-order valence-corrected chi connectivity index (χ1v) is 4.96. The van der Waals surface area contributed by atoms with Crippen molar-refractivity contribution in [1.82, 2.24) is 0 Å². The number of ether oxygens (including phenoxy) is 1. The highest BCUT2D eigenvalue weighted by Gasteiger charge is 2.25. The molecule has 0 bridgehead atoms. The number of carbonyl (C=O) groups excluding carboxylic acids is 1. The largest absolute Gasteiger partial charge is 0.496 e. The lowest BCUT2D eigenvalue weighted by molar-refractivity contribution is -0.117. The van der Waals surface area contributed by atoms with Crippen molar-refractivity contribution in [1.29, 1.82) is 0 Å². The van der Waals surface area contributed by atoms with Crippen LogP contribution in [-0.4, -0.2) is 12.9 Å². The lowest BCUT2D eigenvalue weighted by Crippen LogP contribution is -1.97. The zero-order valence-corrected chi connectivity index (χ0v) is 8.32. The minimum Gasteiger partial charge on any atom is -0.496 e. The highest BCUT2D eigenvalue weighted by Crippen LogP contribution is 2.36. The maximum Gasteiger partial charge on any atom is 0.133 e. The third-order valence-corrected chi connectivity index (χ3v) is 2.82. The normalized spacial score (nSPS) is 21.2. The molecule has 74 valence electrons. The van der Waals surface area contributed by atoms with E-state index in [1.165, 1.54) is 5.56 Å². The molecule has 1 aliphatic carbocycles. The Kier molecular flexibility index (Phi) is 2.53. The van der Waals surface area contributed by atoms with Gasteiger partial charge in [-0.3, -0.25) is 4.79 Å². The second kappa shape index (κ2) is 3.82. The fraction of sp³-hybridized carbons (Fsp3) is 0.417. The van der Waals surface area contributed by atoms with Crippen LogP contribution >= 0.6 is 0 Å². The van der Waals surface area contributed by atoms with Crippen molar-refractivity contribution in [2.45, 2.75) is 25.2 Å². The second-order valence-electron chi connectivity index (χ2n) is 3.72. The summed E-state index contributed by atoms with van der Waals surface area (Å²) in [6, 6.07) is 7.97. The van der Waals surface area contributed by atoms with Crippen molar-refractivity contribution in [3.8, 4) is 5.75 Å². The molecule has 1 aromatic carbocycles. The number of Topliss-reactive ketones (excluding diaryl/α,β-unsaturated/α-hetero) is 1. The van der Waals surface area contributed by atoms with Gasteiger partial charge in [-0.25, -0.2) is 0 Å². The third kappa shape index (κ3) is 1.65. The van der Waals surface area contributed by atoms with E-state index < -0.39 is 0 Å². The summed E-state index contributed by atoms with van der Waals surface area (Å²) in [5, 5.41) is 0. The summed E-state index contributed by atoms with van der Waals surface area (Å²) in [4.78, 5) is 11.2. The standard InChI is InChI=1S/C12H14O2/c1-14-12-5-3-2-4-11(12)9-6-7-10(13)8-9/h2-5,9H,6-8H2,1H3. The summed E-state index contributed by atoms with van der Waals surface area (Å²) in [5.74, 6) is 1.66. The maximum atomic E-state index is 11.2. The quantitative estimate of drug-likeness (QED) is 0.716. The predicted molar refractivity (Wildman–Crippen MR) is 54.6 cm³/mol. The molecule has 0 radical (unpaired) electrons. The Morgan fingerprint density at radius 3 is 2.79 bits per heavy atom. The molecule has 0 saturated heterocycles. The zero-order chi connectivity index (χ0) is 9.97. The first kappa shape index (κ1) is 9.25. The number of hydrogen-bond acceptors (Lipinski definition) is 2. The Hall–Kier alpha value is -1.31. The minimum absolute atomic E-state index is 0.374. The summed E-state index contributed by atoms with van der Waals surface area (Å²) in [6.45, 7) is 0. The lowest BCUT2D eigenvalue weighted by Gasteiger charge is -2.12. The molecule has 1 aromatic rings. The van der Waals surface area contributed by atoms with Gasteiger partial charge in [0.15, 0.2) is 0 Å². The van der Waals surface area contributed by atoms with Crippen LogP contribution < -0.4 is 4.74 Å². The van der Waals surface area contributed by atoms with E-state index in [0.29, 0.717) is 18.1 Å². The molecular formula is C12H14O2. The molecule has 0 N–H and O–H groups in total. The molecule has 1 atom stereocenters. The third-order valence-electron chi connectivity index (χ3n) is 2.82. The van der Waals surface area contributed by atoms with Crippen molar-refractivity contribution >= 4 is 5.78 Å². The van der Waals surface area contributed by atoms with Gasteiger partial charge in [-0.2, -0.15) is 0 Å². The van der Waals surface area contributed by atoms with E-state index in [9.17, 15) is 4.79 Å². The highest BCUT2D eigenvalue weighted by atomic mass is 16.5. The van der Waals surface area contributed by atoms with Crippen molar-refractivity contribution in [2.24, 2.45) is 0 Å². The average Bonchev–Trinajstić information content (AvgIpc) is 2.65. The number of ketones is 1. The van der Waals surface area contributed by atoms with Gasteiger partial charge in [0.2, 0.25) is 0 Å². The van der Waals surface area contributed by atoms with Crippen LogP contribution in [0.2, 0.25) is 0 Å². The van der Waals surface area contributed by atoms with E-state index in [1.54, 1.807) is 7.11 Å². The first-order chi connectivity index (χ1) is 6.81. The first-order valence-electron chi connectivity index (χ1n) is 4.96. The Labute approximate surface area is 83.9 Å². The van der Waals surface area contributed by atoms with Crippen LogP contribution in [0.3, 0.4) is 0 Å². The summed E-state index contributed by atoms with van der Waals surface area (Å²) in [7, 11) is 1.68. The molecule has 0 heterocycles. The van der Waals surface area contributed by atoms with Gasteiger partial charge in [0, 0.05) is 12.8 Å². The predicted octanol–water partition coefficient (Wildman–Crippen LogP) is 2.53. The van der Waals surface area contributed by atoms with E-state index in [2.05, 4.69) is 6.07 Å². The Morgan fingerprint density at radius 1 is 1.36 bits per heavy atom. The fourth-order valence-electron chi connectivity index (χ4n) is 2.08. The maximum absolute atomic E-state index is 11.2. The summed E-state index contributed by atoms with van der Waals surface area (Å²) in [6.07, 6.45) is 2.38. The highest BCUT2D eigenvalue weighted by molar-refractivity contribution is 5.81. The van der Waals surface area contributed by atoms with E-state index >= 15 is 0 Å². The van der Waals surface area contributed by atoms with E-state index in [-0.39, 0.29) is 0 Å². The number of benzene rings is 1. The summed E-state index contributed by atoms with van der Waals surface area (Å²) < 4.78 is 5.28. The van der Waals surface area contributed by atoms with Gasteiger partial charge in [-0.1, -0.05) is 18.2 Å². The minimum atomic E-state index is 0.374. The smallest absolute Gasteiger partial charge is 0.133 e. The molecule has 0 spiro atoms. The van der Waals surface area contributed by atoms with Crippen LogP contribution in [0.15, 0.2) is 24.3 Å². The number of rotatable bonds is 2. The fourth-order valence-corrected chi connectivity index (χ4v) is 2.08. The molecule has 0 amide bonds. The molecule has 1 fully saturated rings. The van der Waals surface area contributed by atoms with Gasteiger partial charge in [0.25, 0.3) is 0 Å². The van der Waals surface area contributed by atoms with Crippen LogP contribution in [0, 0.1) is 0 Å². The Morgan fingerprint density at radius 2 is 2.14 bits per heavy atom. The topological polar surface area (TPSA) is 26.3 Å². The van der Waals surface area contributed by atoms with Crippen LogP contribution in [0.1, 0.15) is 30.7 Å². The van der Waals surface area contributed by atoms with Crippen molar-refractivity contribution in [3.63, 3.8) is 0 Å².